The molecule has 8 heteroatoms. The van der Waals surface area contributed by atoms with Gasteiger partial charge in [-0.3, -0.25) is 4.90 Å². The van der Waals surface area contributed by atoms with Gasteiger partial charge in [-0.05, 0) is 32.1 Å². The van der Waals surface area contributed by atoms with E-state index in [9.17, 15) is 0 Å². The average molecular weight is 357 g/mol. The number of aryl methyl sites for hydroxylation is 1. The van der Waals surface area contributed by atoms with Crippen molar-refractivity contribution in [3.8, 4) is 0 Å². The molecule has 1 N–H and O–H groups in total. The molecule has 5 rings (SSSR count). The van der Waals surface area contributed by atoms with Gasteiger partial charge in [0.15, 0.2) is 0 Å². The van der Waals surface area contributed by atoms with Crippen molar-refractivity contribution in [3.05, 3.63) is 16.9 Å². The van der Waals surface area contributed by atoms with E-state index < -0.39 is 0 Å². The minimum atomic E-state index is 0.791. The number of ether oxygens (including phenoxy) is 1. The van der Waals surface area contributed by atoms with Crippen LogP contribution in [0.25, 0.3) is 5.78 Å². The third kappa shape index (κ3) is 2.91. The summed E-state index contributed by atoms with van der Waals surface area (Å²) in [4.78, 5) is 16.9. The molecule has 0 saturated carbocycles. The number of nitrogens with one attached hydrogen (secondary N) is 1. The first-order valence-electron chi connectivity index (χ1n) is 9.96. The average Bonchev–Trinajstić information content (AvgIpc) is 3.05. The second kappa shape index (κ2) is 7.00. The highest BCUT2D eigenvalue weighted by atomic mass is 16.5. The fraction of sp³-hybridized carbons (Fsp3) is 0.722. The number of anilines is 1. The van der Waals surface area contributed by atoms with Crippen LogP contribution in [0.15, 0.2) is 4.99 Å². The first-order valence-corrected chi connectivity index (χ1v) is 9.96. The Hall–Kier alpha value is -1.93. The molecule has 0 bridgehead atoms. The standard InChI is InChI=1S/C18H27N7O/c1-2-5-15-14(4-1)16-19-7-9-24-17(22-18(21-15)25(16)24)20-6-3-8-23-10-12-26-13-11-23/h19H,1-13H2. The summed E-state index contributed by atoms with van der Waals surface area (Å²) in [5.74, 6) is 1.98. The highest BCUT2D eigenvalue weighted by molar-refractivity contribution is 5.54. The molecule has 4 heterocycles. The lowest BCUT2D eigenvalue weighted by Crippen LogP contribution is -2.37. The molecule has 0 radical (unpaired) electrons. The molecule has 1 aliphatic carbocycles. The Labute approximate surface area is 152 Å². The van der Waals surface area contributed by atoms with E-state index in [0.29, 0.717) is 0 Å². The van der Waals surface area contributed by atoms with Gasteiger partial charge in [0, 0.05) is 38.3 Å². The number of hydrogen-bond acceptors (Lipinski definition) is 6. The maximum atomic E-state index is 5.40. The molecule has 26 heavy (non-hydrogen) atoms. The summed E-state index contributed by atoms with van der Waals surface area (Å²) in [6.07, 6.45) is 5.73. The Morgan fingerprint density at radius 2 is 1.96 bits per heavy atom. The van der Waals surface area contributed by atoms with Crippen molar-refractivity contribution in [2.45, 2.75) is 38.6 Å². The van der Waals surface area contributed by atoms with Gasteiger partial charge in [-0.15, -0.1) is 0 Å². The highest BCUT2D eigenvalue weighted by Gasteiger charge is 2.23. The minimum absolute atomic E-state index is 0.791. The van der Waals surface area contributed by atoms with Gasteiger partial charge in [-0.25, -0.2) is 14.7 Å². The van der Waals surface area contributed by atoms with Crippen LogP contribution in [0.5, 0.6) is 0 Å². The number of morpholine rings is 1. The van der Waals surface area contributed by atoms with Gasteiger partial charge in [0.25, 0.3) is 5.78 Å². The lowest BCUT2D eigenvalue weighted by Gasteiger charge is -2.26. The Bertz CT molecular complexity index is 863. The van der Waals surface area contributed by atoms with Crippen LogP contribution in [0.3, 0.4) is 0 Å². The third-order valence-electron chi connectivity index (χ3n) is 5.64. The topological polar surface area (TPSA) is 72.0 Å². The summed E-state index contributed by atoms with van der Waals surface area (Å²) in [5.41, 5.74) is 3.43. The summed E-state index contributed by atoms with van der Waals surface area (Å²) >= 11 is 0. The molecule has 140 valence electrons. The maximum Gasteiger partial charge on any atom is 0.254 e. The predicted octanol–water partition coefficient (Wildman–Crippen LogP) is 0.458. The lowest BCUT2D eigenvalue weighted by molar-refractivity contribution is 0.0377. The van der Waals surface area contributed by atoms with Crippen molar-refractivity contribution in [2.24, 2.45) is 4.99 Å². The van der Waals surface area contributed by atoms with E-state index in [1.807, 2.05) is 0 Å². The summed E-state index contributed by atoms with van der Waals surface area (Å²) in [5, 5.41) is 3.58. The summed E-state index contributed by atoms with van der Waals surface area (Å²) in [6, 6.07) is 0. The zero-order valence-electron chi connectivity index (χ0n) is 15.3. The smallest absolute Gasteiger partial charge is 0.254 e. The first kappa shape index (κ1) is 16.3. The molecule has 2 aromatic heterocycles. The van der Waals surface area contributed by atoms with Gasteiger partial charge in [0.05, 0.1) is 25.5 Å². The van der Waals surface area contributed by atoms with Crippen molar-refractivity contribution in [3.63, 3.8) is 0 Å². The molecule has 3 aliphatic rings. The molecule has 0 spiro atoms. The number of aromatic nitrogens is 4. The largest absolute Gasteiger partial charge is 0.379 e. The molecule has 2 aliphatic heterocycles. The minimum Gasteiger partial charge on any atom is -0.379 e. The molecular weight excluding hydrogens is 330 g/mol. The van der Waals surface area contributed by atoms with E-state index in [2.05, 4.69) is 19.4 Å². The molecule has 0 atom stereocenters. The SMILES string of the molecule is C1CCc2c(nc3nc(=NCCCN4CCOCC4)n4n3c2NCC4)C1. The fourth-order valence-electron chi connectivity index (χ4n) is 4.28. The van der Waals surface area contributed by atoms with E-state index in [4.69, 9.17) is 19.7 Å². The third-order valence-corrected chi connectivity index (χ3v) is 5.64. The van der Waals surface area contributed by atoms with Gasteiger partial charge in [0.2, 0.25) is 5.62 Å². The van der Waals surface area contributed by atoms with Crippen molar-refractivity contribution in [1.82, 2.24) is 24.1 Å². The Morgan fingerprint density at radius 3 is 2.88 bits per heavy atom. The van der Waals surface area contributed by atoms with Gasteiger partial charge in [-0.1, -0.05) is 0 Å². The normalized spacial score (nSPS) is 21.0. The van der Waals surface area contributed by atoms with Crippen LogP contribution in [0.1, 0.15) is 30.5 Å². The van der Waals surface area contributed by atoms with Crippen LogP contribution >= 0.6 is 0 Å². The number of rotatable bonds is 4. The molecule has 8 nitrogen and oxygen atoms in total. The first-order chi connectivity index (χ1) is 12.9. The lowest BCUT2D eigenvalue weighted by atomic mass is 9.96. The van der Waals surface area contributed by atoms with E-state index >= 15 is 0 Å². The van der Waals surface area contributed by atoms with E-state index in [0.717, 1.165) is 83.1 Å². The summed E-state index contributed by atoms with van der Waals surface area (Å²) < 4.78 is 9.74. The van der Waals surface area contributed by atoms with Crippen molar-refractivity contribution in [2.75, 3.05) is 51.3 Å². The van der Waals surface area contributed by atoms with Crippen molar-refractivity contribution >= 4 is 11.6 Å². The number of nitrogens with zero attached hydrogens (tertiary/aromatic N) is 6. The predicted molar refractivity (Wildman–Crippen MR) is 98.4 cm³/mol. The van der Waals surface area contributed by atoms with Crippen LogP contribution < -0.4 is 10.9 Å². The van der Waals surface area contributed by atoms with Crippen LogP contribution in [0, 0.1) is 0 Å². The summed E-state index contributed by atoms with van der Waals surface area (Å²) in [7, 11) is 0. The molecule has 1 saturated heterocycles. The molecule has 0 aromatic carbocycles. The quantitative estimate of drug-likeness (QED) is 0.805. The second-order valence-corrected chi connectivity index (χ2v) is 7.36. The van der Waals surface area contributed by atoms with Crippen LogP contribution in [0.2, 0.25) is 0 Å². The van der Waals surface area contributed by atoms with Gasteiger partial charge in [0.1, 0.15) is 5.82 Å². The van der Waals surface area contributed by atoms with E-state index in [1.54, 1.807) is 0 Å². The molecule has 2 aromatic rings. The fourth-order valence-corrected chi connectivity index (χ4v) is 4.28. The zero-order chi connectivity index (χ0) is 17.3. The molecule has 0 amide bonds. The maximum absolute atomic E-state index is 5.40. The monoisotopic (exact) mass is 357 g/mol. The number of hydrogen-bond donors (Lipinski definition) is 1. The Balaban J connectivity index is 1.41. The summed E-state index contributed by atoms with van der Waals surface area (Å²) in [6.45, 7) is 7.50. The Morgan fingerprint density at radius 1 is 1.08 bits per heavy atom. The zero-order valence-corrected chi connectivity index (χ0v) is 15.3. The second-order valence-electron chi connectivity index (χ2n) is 7.36. The van der Waals surface area contributed by atoms with Crippen LogP contribution in [-0.4, -0.2) is 70.0 Å². The molecule has 0 unspecified atom stereocenters. The van der Waals surface area contributed by atoms with Gasteiger partial charge < -0.3 is 10.1 Å². The van der Waals surface area contributed by atoms with Crippen molar-refractivity contribution < 1.29 is 4.74 Å². The van der Waals surface area contributed by atoms with Gasteiger partial charge >= 0.3 is 0 Å². The van der Waals surface area contributed by atoms with Crippen LogP contribution in [-0.2, 0) is 24.1 Å². The molecule has 1 fully saturated rings. The van der Waals surface area contributed by atoms with E-state index in [1.165, 1.54) is 29.9 Å². The van der Waals surface area contributed by atoms with Crippen molar-refractivity contribution in [1.29, 1.82) is 0 Å². The highest BCUT2D eigenvalue weighted by Crippen LogP contribution is 2.28. The van der Waals surface area contributed by atoms with E-state index in [-0.39, 0.29) is 0 Å². The van der Waals surface area contributed by atoms with Crippen LogP contribution in [0.4, 0.5) is 5.82 Å². The molecular formula is C18H27N7O. The van der Waals surface area contributed by atoms with Gasteiger partial charge in [-0.2, -0.15) is 9.50 Å². The number of fused-ring (bicyclic) bond motifs is 2. The Kier molecular flexibility index (Phi) is 4.38.